The molecule has 1 fully saturated rings. The molecule has 1 aromatic rings. The third-order valence-electron chi connectivity index (χ3n) is 6.24. The van der Waals surface area contributed by atoms with E-state index in [1.54, 1.807) is 0 Å². The second-order valence-corrected chi connectivity index (χ2v) is 7.45. The van der Waals surface area contributed by atoms with E-state index in [0.29, 0.717) is 6.54 Å². The van der Waals surface area contributed by atoms with Gasteiger partial charge in [-0.25, -0.2) is 0 Å². The molecule has 0 radical (unpaired) electrons. The summed E-state index contributed by atoms with van der Waals surface area (Å²) in [5.41, 5.74) is 6.49. The third kappa shape index (κ3) is 2.92. The summed E-state index contributed by atoms with van der Waals surface area (Å²) in [4.78, 5) is 13.0. The minimum Gasteiger partial charge on any atom is -0.487 e. The summed E-state index contributed by atoms with van der Waals surface area (Å²) in [6.45, 7) is 4.49. The molecule has 3 rings (SSSR count). The molecule has 1 unspecified atom stereocenters. The summed E-state index contributed by atoms with van der Waals surface area (Å²) in [6.07, 6.45) is 6.97. The normalized spacial score (nSPS) is 22.0. The van der Waals surface area contributed by atoms with Gasteiger partial charge in [0.05, 0.1) is 11.5 Å². The Balaban J connectivity index is 1.87. The minimum absolute atomic E-state index is 0.0181. The van der Waals surface area contributed by atoms with Gasteiger partial charge in [0, 0.05) is 18.5 Å². The fourth-order valence-corrected chi connectivity index (χ4v) is 4.34. The number of carbonyl (C=O) groups is 1. The van der Waals surface area contributed by atoms with E-state index in [1.807, 2.05) is 32.0 Å². The van der Waals surface area contributed by atoms with Crippen LogP contribution in [-0.4, -0.2) is 18.1 Å². The second-order valence-electron chi connectivity index (χ2n) is 7.45. The number of carbonyl (C=O) groups excluding carboxylic acids is 1. The molecule has 1 saturated carbocycles. The first-order valence-electron chi connectivity index (χ1n) is 9.37. The fourth-order valence-electron chi connectivity index (χ4n) is 4.34. The predicted octanol–water partition coefficient (Wildman–Crippen LogP) is 3.70. The Bertz CT molecular complexity index is 581. The SMILES string of the molecule is CCC(CC)(CN)C(=O)NC1CC2(CCCC2)Oc2ccccc21. The number of hydrogen-bond acceptors (Lipinski definition) is 3. The number of fused-ring (bicyclic) bond motifs is 1. The van der Waals surface area contributed by atoms with Gasteiger partial charge < -0.3 is 15.8 Å². The quantitative estimate of drug-likeness (QED) is 0.865. The van der Waals surface area contributed by atoms with Crippen LogP contribution < -0.4 is 15.8 Å². The van der Waals surface area contributed by atoms with Gasteiger partial charge in [-0.15, -0.1) is 0 Å². The average molecular weight is 330 g/mol. The number of amides is 1. The van der Waals surface area contributed by atoms with Crippen molar-refractivity contribution in [2.45, 2.75) is 70.4 Å². The number of nitrogens with two attached hydrogens (primary N) is 1. The predicted molar refractivity (Wildman–Crippen MR) is 95.8 cm³/mol. The molecule has 24 heavy (non-hydrogen) atoms. The van der Waals surface area contributed by atoms with Gasteiger partial charge in [0.1, 0.15) is 11.4 Å². The molecule has 1 heterocycles. The first-order chi connectivity index (χ1) is 11.6. The molecule has 1 aliphatic carbocycles. The minimum atomic E-state index is -0.462. The molecule has 1 amide bonds. The number of hydrogen-bond donors (Lipinski definition) is 2. The van der Waals surface area contributed by atoms with Gasteiger partial charge in [-0.3, -0.25) is 4.79 Å². The van der Waals surface area contributed by atoms with E-state index in [1.165, 1.54) is 12.8 Å². The highest BCUT2D eigenvalue weighted by atomic mass is 16.5. The van der Waals surface area contributed by atoms with E-state index in [-0.39, 0.29) is 17.6 Å². The molecule has 132 valence electrons. The van der Waals surface area contributed by atoms with E-state index < -0.39 is 5.41 Å². The zero-order valence-electron chi connectivity index (χ0n) is 14.9. The zero-order chi connectivity index (χ0) is 17.2. The maximum absolute atomic E-state index is 13.0. The average Bonchev–Trinajstić information content (AvgIpc) is 3.04. The fraction of sp³-hybridized carbons (Fsp3) is 0.650. The highest BCUT2D eigenvalue weighted by Gasteiger charge is 2.44. The van der Waals surface area contributed by atoms with Crippen LogP contribution in [0.25, 0.3) is 0 Å². The monoisotopic (exact) mass is 330 g/mol. The van der Waals surface area contributed by atoms with E-state index in [9.17, 15) is 4.79 Å². The number of benzene rings is 1. The zero-order valence-corrected chi connectivity index (χ0v) is 14.9. The lowest BCUT2D eigenvalue weighted by molar-refractivity contribution is -0.132. The van der Waals surface area contributed by atoms with Gasteiger partial charge in [-0.05, 0) is 44.6 Å². The van der Waals surface area contributed by atoms with Crippen molar-refractivity contribution in [3.8, 4) is 5.75 Å². The Hall–Kier alpha value is -1.55. The molecule has 4 nitrogen and oxygen atoms in total. The Morgan fingerprint density at radius 3 is 2.58 bits per heavy atom. The van der Waals surface area contributed by atoms with Gasteiger partial charge in [0.15, 0.2) is 0 Å². The first-order valence-corrected chi connectivity index (χ1v) is 9.37. The van der Waals surface area contributed by atoms with Gasteiger partial charge in [0.2, 0.25) is 5.91 Å². The van der Waals surface area contributed by atoms with Crippen LogP contribution in [0.1, 0.15) is 70.4 Å². The van der Waals surface area contributed by atoms with Crippen molar-refractivity contribution in [3.63, 3.8) is 0 Å². The number of ether oxygens (including phenoxy) is 1. The van der Waals surface area contributed by atoms with E-state index in [0.717, 1.165) is 43.4 Å². The standard InChI is InChI=1S/C20H30N2O2/c1-3-19(4-2,14-21)18(23)22-16-13-20(11-7-8-12-20)24-17-10-6-5-9-15(16)17/h5-6,9-10,16H,3-4,7-8,11-14,21H2,1-2H3,(H,22,23). The third-order valence-corrected chi connectivity index (χ3v) is 6.24. The van der Waals surface area contributed by atoms with Crippen molar-refractivity contribution in [1.82, 2.24) is 5.32 Å². The molecule has 1 spiro atoms. The van der Waals surface area contributed by atoms with Crippen molar-refractivity contribution >= 4 is 5.91 Å². The highest BCUT2D eigenvalue weighted by molar-refractivity contribution is 5.83. The van der Waals surface area contributed by atoms with Crippen LogP contribution in [0, 0.1) is 5.41 Å². The molecule has 0 aromatic heterocycles. The maximum atomic E-state index is 13.0. The van der Waals surface area contributed by atoms with Crippen LogP contribution in [0.3, 0.4) is 0 Å². The van der Waals surface area contributed by atoms with E-state index in [2.05, 4.69) is 11.4 Å². The Morgan fingerprint density at radius 1 is 1.29 bits per heavy atom. The lowest BCUT2D eigenvalue weighted by Gasteiger charge is -2.41. The smallest absolute Gasteiger partial charge is 0.227 e. The van der Waals surface area contributed by atoms with Crippen molar-refractivity contribution in [3.05, 3.63) is 29.8 Å². The van der Waals surface area contributed by atoms with Gasteiger partial charge in [-0.1, -0.05) is 32.0 Å². The molecule has 0 bridgehead atoms. The summed E-state index contributed by atoms with van der Waals surface area (Å²) in [6, 6.07) is 8.15. The Kier molecular flexibility index (Phi) is 4.86. The molecule has 1 aromatic carbocycles. The summed E-state index contributed by atoms with van der Waals surface area (Å²) in [5, 5.41) is 3.32. The molecule has 1 atom stereocenters. The molecule has 0 saturated heterocycles. The Labute approximate surface area is 145 Å². The van der Waals surface area contributed by atoms with Crippen LogP contribution in [0.15, 0.2) is 24.3 Å². The van der Waals surface area contributed by atoms with E-state index in [4.69, 9.17) is 10.5 Å². The molecule has 2 aliphatic rings. The van der Waals surface area contributed by atoms with Crippen LogP contribution in [0.5, 0.6) is 5.75 Å². The highest BCUT2D eigenvalue weighted by Crippen LogP contribution is 2.47. The van der Waals surface area contributed by atoms with Gasteiger partial charge >= 0.3 is 0 Å². The lowest BCUT2D eigenvalue weighted by Crippen LogP contribution is -2.49. The number of rotatable bonds is 5. The molecular weight excluding hydrogens is 300 g/mol. The Morgan fingerprint density at radius 2 is 1.96 bits per heavy atom. The van der Waals surface area contributed by atoms with Crippen molar-refractivity contribution in [2.75, 3.05) is 6.54 Å². The molecule has 4 heteroatoms. The van der Waals surface area contributed by atoms with Crippen molar-refractivity contribution < 1.29 is 9.53 Å². The summed E-state index contributed by atoms with van der Waals surface area (Å²) < 4.78 is 6.38. The summed E-state index contributed by atoms with van der Waals surface area (Å²) in [5.74, 6) is 1.02. The molecule has 1 aliphatic heterocycles. The van der Waals surface area contributed by atoms with Crippen LogP contribution in [0.4, 0.5) is 0 Å². The van der Waals surface area contributed by atoms with Gasteiger partial charge in [0.25, 0.3) is 0 Å². The number of nitrogens with one attached hydrogen (secondary N) is 1. The number of para-hydroxylation sites is 1. The summed E-state index contributed by atoms with van der Waals surface area (Å²) in [7, 11) is 0. The van der Waals surface area contributed by atoms with Crippen LogP contribution in [-0.2, 0) is 4.79 Å². The topological polar surface area (TPSA) is 64.4 Å². The van der Waals surface area contributed by atoms with Gasteiger partial charge in [-0.2, -0.15) is 0 Å². The lowest BCUT2D eigenvalue weighted by atomic mass is 9.80. The molecular formula is C20H30N2O2. The van der Waals surface area contributed by atoms with Crippen molar-refractivity contribution in [1.29, 1.82) is 0 Å². The van der Waals surface area contributed by atoms with Crippen LogP contribution in [0.2, 0.25) is 0 Å². The second kappa shape index (κ2) is 6.75. The van der Waals surface area contributed by atoms with Crippen LogP contribution >= 0.6 is 0 Å². The van der Waals surface area contributed by atoms with Crippen molar-refractivity contribution in [2.24, 2.45) is 11.1 Å². The maximum Gasteiger partial charge on any atom is 0.227 e. The summed E-state index contributed by atoms with van der Waals surface area (Å²) >= 11 is 0. The first kappa shape index (κ1) is 17.3. The largest absolute Gasteiger partial charge is 0.487 e. The molecule has 3 N–H and O–H groups in total. The van der Waals surface area contributed by atoms with E-state index >= 15 is 0 Å².